The predicted molar refractivity (Wildman–Crippen MR) is 69.3 cm³/mol. The lowest BCUT2D eigenvalue weighted by molar-refractivity contribution is 0.103. The summed E-state index contributed by atoms with van der Waals surface area (Å²) in [6.45, 7) is 0. The molecule has 0 atom stereocenters. The quantitative estimate of drug-likeness (QED) is 0.672. The number of nitrogens with zero attached hydrogens (tertiary/aromatic N) is 2. The Balaban J connectivity index is 2.20. The van der Waals surface area contributed by atoms with Gasteiger partial charge in [0.05, 0.1) is 22.2 Å². The Labute approximate surface area is 112 Å². The van der Waals surface area contributed by atoms with Crippen molar-refractivity contribution in [1.29, 1.82) is 0 Å². The number of hydrogen-bond donors (Lipinski definition) is 0. The van der Waals surface area contributed by atoms with E-state index in [-0.39, 0.29) is 11.1 Å². The number of fused-ring (bicyclic) bond motifs is 1. The highest BCUT2D eigenvalue weighted by molar-refractivity contribution is 6.15. The van der Waals surface area contributed by atoms with Gasteiger partial charge in [-0.15, -0.1) is 0 Å². The zero-order valence-electron chi connectivity index (χ0n) is 10.2. The maximum absolute atomic E-state index is 13.7. The molecule has 0 aliphatic heterocycles. The number of halogens is 2. The van der Waals surface area contributed by atoms with E-state index in [2.05, 4.69) is 9.97 Å². The van der Waals surface area contributed by atoms with Crippen LogP contribution in [0.25, 0.3) is 11.0 Å². The largest absolute Gasteiger partial charge is 0.288 e. The van der Waals surface area contributed by atoms with Gasteiger partial charge < -0.3 is 0 Å². The summed E-state index contributed by atoms with van der Waals surface area (Å²) >= 11 is 0. The summed E-state index contributed by atoms with van der Waals surface area (Å²) in [5, 5.41) is 0. The first kappa shape index (κ1) is 12.3. The predicted octanol–water partition coefficient (Wildman–Crippen LogP) is 3.14. The van der Waals surface area contributed by atoms with E-state index in [1.54, 1.807) is 12.1 Å². The van der Waals surface area contributed by atoms with Crippen molar-refractivity contribution in [3.63, 3.8) is 0 Å². The normalized spacial score (nSPS) is 10.7. The fourth-order valence-corrected chi connectivity index (χ4v) is 1.99. The van der Waals surface area contributed by atoms with E-state index < -0.39 is 17.4 Å². The van der Waals surface area contributed by atoms with Crippen LogP contribution in [0.1, 0.15) is 15.9 Å². The summed E-state index contributed by atoms with van der Waals surface area (Å²) in [5.74, 6) is -2.05. The van der Waals surface area contributed by atoms with Crippen molar-refractivity contribution in [2.24, 2.45) is 0 Å². The average molecular weight is 270 g/mol. The third kappa shape index (κ3) is 2.03. The van der Waals surface area contributed by atoms with Crippen molar-refractivity contribution in [3.8, 4) is 0 Å². The summed E-state index contributed by atoms with van der Waals surface area (Å²) in [6, 6.07) is 7.62. The van der Waals surface area contributed by atoms with Crippen LogP contribution in [0.15, 0.2) is 48.8 Å². The molecule has 98 valence electrons. The molecule has 3 rings (SSSR count). The van der Waals surface area contributed by atoms with Crippen LogP contribution >= 0.6 is 0 Å². The Morgan fingerprint density at radius 1 is 0.950 bits per heavy atom. The Bertz CT molecular complexity index is 813. The molecule has 0 fully saturated rings. The number of carbonyl (C=O) groups is 1. The van der Waals surface area contributed by atoms with Crippen LogP contribution in [0.4, 0.5) is 8.78 Å². The molecule has 0 N–H and O–H groups in total. The molecule has 5 heteroatoms. The van der Waals surface area contributed by atoms with Crippen LogP contribution in [0.5, 0.6) is 0 Å². The van der Waals surface area contributed by atoms with Crippen molar-refractivity contribution in [2.45, 2.75) is 0 Å². The molecular weight excluding hydrogens is 262 g/mol. The smallest absolute Gasteiger partial charge is 0.198 e. The molecule has 3 aromatic rings. The molecule has 0 saturated carbocycles. The van der Waals surface area contributed by atoms with Crippen molar-refractivity contribution < 1.29 is 13.6 Å². The highest BCUT2D eigenvalue weighted by Crippen LogP contribution is 2.20. The highest BCUT2D eigenvalue weighted by Gasteiger charge is 2.18. The topological polar surface area (TPSA) is 42.9 Å². The Kier molecular flexibility index (Phi) is 2.95. The lowest BCUT2D eigenvalue weighted by Crippen LogP contribution is -2.06. The minimum atomic E-state index is -0.766. The fourth-order valence-electron chi connectivity index (χ4n) is 1.99. The van der Waals surface area contributed by atoms with Gasteiger partial charge in [-0.05, 0) is 30.3 Å². The molecule has 0 bridgehead atoms. The van der Waals surface area contributed by atoms with Gasteiger partial charge in [-0.2, -0.15) is 0 Å². The average Bonchev–Trinajstić information content (AvgIpc) is 2.48. The van der Waals surface area contributed by atoms with Crippen LogP contribution in [0.2, 0.25) is 0 Å². The van der Waals surface area contributed by atoms with Crippen molar-refractivity contribution in [2.75, 3.05) is 0 Å². The maximum atomic E-state index is 13.7. The van der Waals surface area contributed by atoms with Crippen molar-refractivity contribution >= 4 is 16.8 Å². The molecule has 0 amide bonds. The van der Waals surface area contributed by atoms with E-state index in [4.69, 9.17) is 0 Å². The molecule has 2 aromatic carbocycles. The van der Waals surface area contributed by atoms with E-state index in [1.807, 2.05) is 0 Å². The van der Waals surface area contributed by atoms with E-state index in [1.165, 1.54) is 18.5 Å². The lowest BCUT2D eigenvalue weighted by Gasteiger charge is -2.05. The first-order valence-electron chi connectivity index (χ1n) is 5.86. The summed E-state index contributed by atoms with van der Waals surface area (Å²) in [6.07, 6.45) is 2.94. The lowest BCUT2D eigenvalue weighted by atomic mass is 10.0. The van der Waals surface area contributed by atoms with Gasteiger partial charge in [-0.1, -0.05) is 6.07 Å². The van der Waals surface area contributed by atoms with Gasteiger partial charge in [0, 0.05) is 12.4 Å². The second-order valence-corrected chi connectivity index (χ2v) is 4.18. The van der Waals surface area contributed by atoms with Gasteiger partial charge in [0.15, 0.2) is 5.78 Å². The van der Waals surface area contributed by atoms with Crippen molar-refractivity contribution in [3.05, 3.63) is 71.6 Å². The van der Waals surface area contributed by atoms with Gasteiger partial charge in [-0.25, -0.2) is 8.78 Å². The molecule has 0 spiro atoms. The number of aromatic nitrogens is 2. The van der Waals surface area contributed by atoms with Crippen LogP contribution in [0, 0.1) is 11.6 Å². The molecular formula is C15H8F2N2O. The molecule has 1 heterocycles. The van der Waals surface area contributed by atoms with Crippen molar-refractivity contribution in [1.82, 2.24) is 9.97 Å². The number of benzene rings is 2. The number of para-hydroxylation sites is 1. The monoisotopic (exact) mass is 270 g/mol. The summed E-state index contributed by atoms with van der Waals surface area (Å²) < 4.78 is 26.9. The van der Waals surface area contributed by atoms with E-state index in [0.29, 0.717) is 11.0 Å². The Morgan fingerprint density at radius 3 is 2.60 bits per heavy atom. The number of rotatable bonds is 2. The van der Waals surface area contributed by atoms with Crippen LogP contribution in [0.3, 0.4) is 0 Å². The standard InChI is InChI=1S/C15H8F2N2O/c16-9-4-5-12(17)11(8-9)15(20)10-2-1-3-13-14(10)19-7-6-18-13/h1-8H. The highest BCUT2D eigenvalue weighted by atomic mass is 19.1. The van der Waals surface area contributed by atoms with Gasteiger partial charge in [-0.3, -0.25) is 14.8 Å². The minimum Gasteiger partial charge on any atom is -0.288 e. The third-order valence-corrected chi connectivity index (χ3v) is 2.92. The molecule has 1 aromatic heterocycles. The molecule has 0 radical (unpaired) electrons. The first-order chi connectivity index (χ1) is 9.66. The second kappa shape index (κ2) is 4.77. The van der Waals surface area contributed by atoms with Crippen LogP contribution < -0.4 is 0 Å². The van der Waals surface area contributed by atoms with Gasteiger partial charge >= 0.3 is 0 Å². The van der Waals surface area contributed by atoms with E-state index >= 15 is 0 Å². The third-order valence-electron chi connectivity index (χ3n) is 2.92. The number of carbonyl (C=O) groups excluding carboxylic acids is 1. The maximum Gasteiger partial charge on any atom is 0.198 e. The van der Waals surface area contributed by atoms with Gasteiger partial charge in [0.1, 0.15) is 11.6 Å². The zero-order valence-corrected chi connectivity index (χ0v) is 10.2. The molecule has 0 aliphatic carbocycles. The summed E-state index contributed by atoms with van der Waals surface area (Å²) in [4.78, 5) is 20.5. The molecule has 3 nitrogen and oxygen atoms in total. The van der Waals surface area contributed by atoms with Crippen LogP contribution in [-0.2, 0) is 0 Å². The molecule has 0 unspecified atom stereocenters. The summed E-state index contributed by atoms with van der Waals surface area (Å²) in [5.41, 5.74) is 0.766. The zero-order chi connectivity index (χ0) is 14.1. The van der Waals surface area contributed by atoms with E-state index in [0.717, 1.165) is 18.2 Å². The Hall–Kier alpha value is -2.69. The second-order valence-electron chi connectivity index (χ2n) is 4.18. The first-order valence-corrected chi connectivity index (χ1v) is 5.86. The minimum absolute atomic E-state index is 0.195. The SMILES string of the molecule is O=C(c1cc(F)ccc1F)c1cccc2nccnc12. The number of hydrogen-bond acceptors (Lipinski definition) is 3. The van der Waals surface area contributed by atoms with Gasteiger partial charge in [0.25, 0.3) is 0 Å². The molecule has 0 saturated heterocycles. The molecule has 20 heavy (non-hydrogen) atoms. The van der Waals surface area contributed by atoms with Crippen LogP contribution in [-0.4, -0.2) is 15.8 Å². The summed E-state index contributed by atoms with van der Waals surface area (Å²) in [7, 11) is 0. The van der Waals surface area contributed by atoms with Gasteiger partial charge in [0.2, 0.25) is 0 Å². The Morgan fingerprint density at radius 2 is 1.75 bits per heavy atom. The molecule has 0 aliphatic rings. The van der Waals surface area contributed by atoms with E-state index in [9.17, 15) is 13.6 Å². The number of ketones is 1. The fraction of sp³-hybridized carbons (Fsp3) is 0.